The van der Waals surface area contributed by atoms with E-state index in [4.69, 9.17) is 5.73 Å². The molecule has 0 spiro atoms. The summed E-state index contributed by atoms with van der Waals surface area (Å²) in [5.74, 6) is 0.129. The van der Waals surface area contributed by atoms with Gasteiger partial charge in [0.2, 0.25) is 5.95 Å². The SMILES string of the molecule is NCc1ccc(-c2cnc(NCCN3CCNC3=O)nc2-c2cccs2)cc1F. The minimum absolute atomic E-state index is 0.0507. The molecule has 1 aromatic carbocycles. The van der Waals surface area contributed by atoms with Gasteiger partial charge in [-0.3, -0.25) is 0 Å². The van der Waals surface area contributed by atoms with Crippen molar-refractivity contribution in [3.8, 4) is 21.7 Å². The smallest absolute Gasteiger partial charge is 0.317 e. The van der Waals surface area contributed by atoms with Crippen LogP contribution in [0.25, 0.3) is 21.7 Å². The Morgan fingerprint density at radius 3 is 2.93 bits per heavy atom. The number of urea groups is 1. The molecule has 0 radical (unpaired) electrons. The largest absolute Gasteiger partial charge is 0.352 e. The van der Waals surface area contributed by atoms with E-state index in [9.17, 15) is 9.18 Å². The first-order chi connectivity index (χ1) is 14.2. The number of hydrogen-bond acceptors (Lipinski definition) is 6. The Morgan fingerprint density at radius 2 is 2.24 bits per heavy atom. The first-order valence-corrected chi connectivity index (χ1v) is 10.2. The molecule has 150 valence electrons. The molecule has 3 heterocycles. The van der Waals surface area contributed by atoms with Crippen LogP contribution in [0.5, 0.6) is 0 Å². The Bertz CT molecular complexity index is 1010. The number of nitrogens with one attached hydrogen (secondary N) is 2. The molecule has 2 aromatic heterocycles. The highest BCUT2D eigenvalue weighted by Gasteiger charge is 2.19. The number of aromatic nitrogens is 2. The van der Waals surface area contributed by atoms with Crippen molar-refractivity contribution < 1.29 is 9.18 Å². The second-order valence-electron chi connectivity index (χ2n) is 6.59. The maximum absolute atomic E-state index is 14.3. The first kappa shape index (κ1) is 19.3. The van der Waals surface area contributed by atoms with Gasteiger partial charge in [-0.25, -0.2) is 19.2 Å². The van der Waals surface area contributed by atoms with Gasteiger partial charge in [-0.1, -0.05) is 18.2 Å². The summed E-state index contributed by atoms with van der Waals surface area (Å²) in [6.45, 7) is 2.63. The molecule has 3 aromatic rings. The van der Waals surface area contributed by atoms with Crippen molar-refractivity contribution in [2.45, 2.75) is 6.54 Å². The maximum atomic E-state index is 14.3. The van der Waals surface area contributed by atoms with Gasteiger partial charge in [0.1, 0.15) is 5.82 Å². The van der Waals surface area contributed by atoms with Crippen LogP contribution in [0.3, 0.4) is 0 Å². The third-order valence-electron chi connectivity index (χ3n) is 4.74. The molecule has 0 saturated carbocycles. The molecule has 2 amide bonds. The highest BCUT2D eigenvalue weighted by atomic mass is 32.1. The van der Waals surface area contributed by atoms with Crippen LogP contribution in [-0.4, -0.2) is 47.1 Å². The van der Waals surface area contributed by atoms with E-state index in [2.05, 4.69) is 20.6 Å². The fourth-order valence-electron chi connectivity index (χ4n) is 3.19. The minimum atomic E-state index is -0.340. The lowest BCUT2D eigenvalue weighted by atomic mass is 10.0. The van der Waals surface area contributed by atoms with E-state index in [1.165, 1.54) is 6.07 Å². The summed E-state index contributed by atoms with van der Waals surface area (Å²) in [4.78, 5) is 23.4. The Kier molecular flexibility index (Phi) is 5.68. The van der Waals surface area contributed by atoms with E-state index in [0.717, 1.165) is 16.1 Å². The third kappa shape index (κ3) is 4.20. The van der Waals surface area contributed by atoms with Crippen LogP contribution in [0.2, 0.25) is 0 Å². The van der Waals surface area contributed by atoms with Crippen LogP contribution < -0.4 is 16.4 Å². The Labute approximate surface area is 171 Å². The zero-order valence-corrected chi connectivity index (χ0v) is 16.5. The standard InChI is InChI=1S/C20H21FN6OS/c21-16-10-13(3-4-14(16)11-22)15-12-25-19(26-18(15)17-2-1-9-29-17)23-5-7-27-8-6-24-20(27)28/h1-4,9-10,12H,5-8,11,22H2,(H,24,28)(H,23,25,26). The van der Waals surface area contributed by atoms with Gasteiger partial charge in [0.05, 0.1) is 10.6 Å². The number of carbonyl (C=O) groups is 1. The molecule has 0 unspecified atom stereocenters. The topological polar surface area (TPSA) is 96.2 Å². The van der Waals surface area contributed by atoms with Crippen molar-refractivity contribution in [2.24, 2.45) is 5.73 Å². The summed E-state index contributed by atoms with van der Waals surface area (Å²) < 4.78 is 14.3. The van der Waals surface area contributed by atoms with Gasteiger partial charge in [0, 0.05) is 50.0 Å². The Morgan fingerprint density at radius 1 is 1.34 bits per heavy atom. The second kappa shape index (κ2) is 8.54. The molecule has 4 N–H and O–H groups in total. The highest BCUT2D eigenvalue weighted by molar-refractivity contribution is 7.13. The van der Waals surface area contributed by atoms with Crippen molar-refractivity contribution in [2.75, 3.05) is 31.5 Å². The second-order valence-corrected chi connectivity index (χ2v) is 7.54. The van der Waals surface area contributed by atoms with E-state index in [0.29, 0.717) is 43.3 Å². The summed E-state index contributed by atoms with van der Waals surface area (Å²) in [6, 6.07) is 8.86. The molecule has 0 aliphatic carbocycles. The third-order valence-corrected chi connectivity index (χ3v) is 5.61. The fraction of sp³-hybridized carbons (Fsp3) is 0.250. The number of halogens is 1. The zero-order chi connectivity index (χ0) is 20.2. The van der Waals surface area contributed by atoms with Crippen LogP contribution in [0.4, 0.5) is 15.1 Å². The van der Waals surface area contributed by atoms with E-state index in [-0.39, 0.29) is 18.4 Å². The Hall–Kier alpha value is -3.04. The molecule has 29 heavy (non-hydrogen) atoms. The Balaban J connectivity index is 1.59. The fourth-order valence-corrected chi connectivity index (χ4v) is 3.92. The predicted octanol–water partition coefficient (Wildman–Crippen LogP) is 2.91. The molecule has 1 aliphatic rings. The summed E-state index contributed by atoms with van der Waals surface area (Å²) in [6.07, 6.45) is 1.70. The number of carbonyl (C=O) groups excluding carboxylic acids is 1. The van der Waals surface area contributed by atoms with Crippen LogP contribution in [0.15, 0.2) is 41.9 Å². The van der Waals surface area contributed by atoms with Gasteiger partial charge in [-0.05, 0) is 23.1 Å². The molecular weight excluding hydrogens is 391 g/mol. The van der Waals surface area contributed by atoms with Gasteiger partial charge in [-0.2, -0.15) is 0 Å². The monoisotopic (exact) mass is 412 g/mol. The van der Waals surface area contributed by atoms with E-state index in [1.54, 1.807) is 28.5 Å². The molecule has 1 aliphatic heterocycles. The summed E-state index contributed by atoms with van der Waals surface area (Å²) in [7, 11) is 0. The lowest BCUT2D eigenvalue weighted by molar-refractivity contribution is 0.219. The quantitative estimate of drug-likeness (QED) is 0.555. The first-order valence-electron chi connectivity index (χ1n) is 9.32. The average Bonchev–Trinajstić information content (AvgIpc) is 3.40. The number of nitrogens with zero attached hydrogens (tertiary/aromatic N) is 3. The molecule has 7 nitrogen and oxygen atoms in total. The predicted molar refractivity (Wildman–Crippen MR) is 112 cm³/mol. The maximum Gasteiger partial charge on any atom is 0.317 e. The molecule has 0 atom stereocenters. The van der Waals surface area contributed by atoms with Crippen LogP contribution in [0, 0.1) is 5.82 Å². The van der Waals surface area contributed by atoms with Gasteiger partial charge in [0.15, 0.2) is 0 Å². The lowest BCUT2D eigenvalue weighted by Gasteiger charge is -2.15. The van der Waals surface area contributed by atoms with Crippen molar-refractivity contribution in [3.05, 3.63) is 53.3 Å². The van der Waals surface area contributed by atoms with Gasteiger partial charge >= 0.3 is 6.03 Å². The lowest BCUT2D eigenvalue weighted by Crippen LogP contribution is -2.32. The van der Waals surface area contributed by atoms with Crippen LogP contribution in [0.1, 0.15) is 5.56 Å². The zero-order valence-electron chi connectivity index (χ0n) is 15.7. The van der Waals surface area contributed by atoms with Crippen molar-refractivity contribution in [1.29, 1.82) is 0 Å². The van der Waals surface area contributed by atoms with Crippen LogP contribution >= 0.6 is 11.3 Å². The van der Waals surface area contributed by atoms with Crippen LogP contribution in [-0.2, 0) is 6.54 Å². The normalized spacial score (nSPS) is 13.6. The van der Waals surface area contributed by atoms with E-state index >= 15 is 0 Å². The molecule has 1 fully saturated rings. The van der Waals surface area contributed by atoms with E-state index in [1.807, 2.05) is 23.6 Å². The number of hydrogen-bond donors (Lipinski definition) is 3. The molecule has 9 heteroatoms. The van der Waals surface area contributed by atoms with Gasteiger partial charge in [0.25, 0.3) is 0 Å². The number of rotatable bonds is 7. The number of benzene rings is 1. The molecular formula is C20H21FN6OS. The molecule has 4 rings (SSSR count). The van der Waals surface area contributed by atoms with Crippen molar-refractivity contribution in [3.63, 3.8) is 0 Å². The molecule has 1 saturated heterocycles. The minimum Gasteiger partial charge on any atom is -0.352 e. The summed E-state index contributed by atoms with van der Waals surface area (Å²) in [5, 5.41) is 7.92. The number of anilines is 1. The average molecular weight is 412 g/mol. The van der Waals surface area contributed by atoms with Crippen molar-refractivity contribution >= 4 is 23.3 Å². The van der Waals surface area contributed by atoms with Gasteiger partial charge in [-0.15, -0.1) is 11.3 Å². The van der Waals surface area contributed by atoms with Gasteiger partial charge < -0.3 is 21.3 Å². The molecule has 0 bridgehead atoms. The van der Waals surface area contributed by atoms with Crippen molar-refractivity contribution in [1.82, 2.24) is 20.2 Å². The highest BCUT2D eigenvalue weighted by Crippen LogP contribution is 2.34. The number of amides is 2. The van der Waals surface area contributed by atoms with E-state index < -0.39 is 0 Å². The summed E-state index contributed by atoms with van der Waals surface area (Å²) >= 11 is 1.56. The number of nitrogens with two attached hydrogens (primary N) is 1. The summed E-state index contributed by atoms with van der Waals surface area (Å²) in [5.41, 5.74) is 8.22. The number of thiophene rings is 1.